The van der Waals surface area contributed by atoms with E-state index in [-0.39, 0.29) is 5.41 Å². The van der Waals surface area contributed by atoms with Gasteiger partial charge in [-0.05, 0) is 59.9 Å². The van der Waals surface area contributed by atoms with E-state index in [9.17, 15) is 10.2 Å². The average molecular weight is 533 g/mol. The third-order valence-corrected chi connectivity index (χ3v) is 9.72. The number of unbranched alkanes of at least 4 members (excludes halogenated alkanes) is 6. The molecule has 2 N–H and O–H groups in total. The summed E-state index contributed by atoms with van der Waals surface area (Å²) in [6.45, 7) is 4.57. The molecule has 2 atom stereocenters. The van der Waals surface area contributed by atoms with Crippen molar-refractivity contribution < 1.29 is 19.7 Å². The van der Waals surface area contributed by atoms with Gasteiger partial charge in [-0.15, -0.1) is 11.8 Å². The summed E-state index contributed by atoms with van der Waals surface area (Å²) in [6, 6.07) is 13.7. The molecule has 1 heterocycles. The Kier molecular flexibility index (Phi) is 12.8. The number of hydrogen-bond donors (Lipinski definition) is 2. The second kappa shape index (κ2) is 15.8. The van der Waals surface area contributed by atoms with Crippen LogP contribution in [0.1, 0.15) is 75.3 Å². The zero-order chi connectivity index (χ0) is 25.6. The Hall–Kier alpha value is -1.34. The molecule has 0 saturated heterocycles. The van der Waals surface area contributed by atoms with Crippen molar-refractivity contribution in [3.05, 3.63) is 53.6 Å². The fraction of sp³-hybridized carbons (Fsp3) is 0.600. The lowest BCUT2D eigenvalue weighted by Crippen LogP contribution is -2.36. The summed E-state index contributed by atoms with van der Waals surface area (Å²) >= 11 is 3.84. The first-order valence-corrected chi connectivity index (χ1v) is 15.6. The highest BCUT2D eigenvalue weighted by Gasteiger charge is 2.41. The van der Waals surface area contributed by atoms with Crippen LogP contribution >= 0.6 is 23.5 Å². The number of methoxy groups -OCH3 is 1. The summed E-state index contributed by atoms with van der Waals surface area (Å²) < 4.78 is 10.5. The SMILES string of the molecule is COCCOCCSCCCCCCCCC[C@@H]1c2ccc(O)cc2SC[C@]1(C)c1ccc(O)cc1. The van der Waals surface area contributed by atoms with Gasteiger partial charge in [0.1, 0.15) is 11.5 Å². The lowest BCUT2D eigenvalue weighted by atomic mass is 9.68. The van der Waals surface area contributed by atoms with Crippen molar-refractivity contribution in [2.75, 3.05) is 44.2 Å². The molecule has 0 spiro atoms. The molecule has 4 nitrogen and oxygen atoms in total. The van der Waals surface area contributed by atoms with E-state index in [1.54, 1.807) is 7.11 Å². The zero-order valence-electron chi connectivity index (χ0n) is 22.0. The van der Waals surface area contributed by atoms with Gasteiger partial charge in [0.2, 0.25) is 0 Å². The van der Waals surface area contributed by atoms with E-state index in [2.05, 4.69) is 25.1 Å². The lowest BCUT2D eigenvalue weighted by molar-refractivity contribution is 0.0790. The number of phenols is 2. The van der Waals surface area contributed by atoms with Crippen LogP contribution < -0.4 is 0 Å². The van der Waals surface area contributed by atoms with Crippen LogP contribution in [0.25, 0.3) is 0 Å². The van der Waals surface area contributed by atoms with Crippen molar-refractivity contribution in [2.24, 2.45) is 0 Å². The van der Waals surface area contributed by atoms with Crippen LogP contribution in [0, 0.1) is 0 Å². The van der Waals surface area contributed by atoms with Gasteiger partial charge in [0.15, 0.2) is 0 Å². The molecule has 36 heavy (non-hydrogen) atoms. The van der Waals surface area contributed by atoms with Crippen LogP contribution in [0.3, 0.4) is 0 Å². The summed E-state index contributed by atoms with van der Waals surface area (Å²) in [7, 11) is 1.70. The van der Waals surface area contributed by atoms with Crippen LogP contribution in [0.2, 0.25) is 0 Å². The Bertz CT molecular complexity index is 889. The van der Waals surface area contributed by atoms with E-state index in [0.717, 1.165) is 24.5 Å². The largest absolute Gasteiger partial charge is 0.508 e. The van der Waals surface area contributed by atoms with Gasteiger partial charge in [-0.2, -0.15) is 11.8 Å². The number of hydrogen-bond acceptors (Lipinski definition) is 6. The summed E-state index contributed by atoms with van der Waals surface area (Å²) in [5, 5.41) is 19.8. The molecular formula is C30H44O4S2. The zero-order valence-corrected chi connectivity index (χ0v) is 23.7. The molecule has 0 aliphatic carbocycles. The van der Waals surface area contributed by atoms with E-state index >= 15 is 0 Å². The quantitative estimate of drug-likeness (QED) is 0.203. The summed E-state index contributed by atoms with van der Waals surface area (Å²) in [4.78, 5) is 1.22. The molecule has 0 aromatic heterocycles. The van der Waals surface area contributed by atoms with E-state index in [0.29, 0.717) is 30.6 Å². The molecule has 0 saturated carbocycles. The molecule has 1 aliphatic rings. The second-order valence-corrected chi connectivity index (χ2v) is 12.3. The van der Waals surface area contributed by atoms with Gasteiger partial charge in [0.25, 0.3) is 0 Å². The molecule has 0 amide bonds. The fourth-order valence-electron chi connectivity index (χ4n) is 5.11. The summed E-state index contributed by atoms with van der Waals surface area (Å²) in [5.41, 5.74) is 2.66. The third-order valence-electron chi connectivity index (χ3n) is 7.28. The maximum Gasteiger partial charge on any atom is 0.116 e. The molecule has 0 bridgehead atoms. The number of thioether (sulfide) groups is 2. The van der Waals surface area contributed by atoms with Gasteiger partial charge < -0.3 is 19.7 Å². The molecule has 200 valence electrons. The summed E-state index contributed by atoms with van der Waals surface area (Å²) in [6.07, 6.45) is 10.2. The standard InChI is InChI=1S/C30H44O4S2/c1-30(24-11-13-25(31)14-12-24)23-36-29-22-26(32)15-16-27(29)28(30)10-8-6-4-3-5-7-9-20-35-21-19-34-18-17-33-2/h11-16,22,28,31-32H,3-10,17-21,23H2,1-2H3/t28-,30-/m1/s1. The minimum Gasteiger partial charge on any atom is -0.508 e. The van der Waals surface area contributed by atoms with Crippen molar-refractivity contribution in [2.45, 2.75) is 74.5 Å². The molecule has 0 radical (unpaired) electrons. The Morgan fingerprint density at radius 3 is 2.31 bits per heavy atom. The van der Waals surface area contributed by atoms with Crippen molar-refractivity contribution in [1.29, 1.82) is 0 Å². The number of benzene rings is 2. The molecule has 3 rings (SSSR count). The van der Waals surface area contributed by atoms with Gasteiger partial charge >= 0.3 is 0 Å². The average Bonchev–Trinajstić information content (AvgIpc) is 2.88. The predicted molar refractivity (Wildman–Crippen MR) is 154 cm³/mol. The number of ether oxygens (including phenoxy) is 2. The van der Waals surface area contributed by atoms with Gasteiger partial charge in [-0.1, -0.05) is 63.6 Å². The monoisotopic (exact) mass is 532 g/mol. The Morgan fingerprint density at radius 1 is 0.861 bits per heavy atom. The highest BCUT2D eigenvalue weighted by molar-refractivity contribution is 7.99. The van der Waals surface area contributed by atoms with E-state index in [1.807, 2.05) is 47.8 Å². The second-order valence-electron chi connectivity index (χ2n) is 10.0. The summed E-state index contributed by atoms with van der Waals surface area (Å²) in [5.74, 6) is 4.37. The Morgan fingerprint density at radius 2 is 1.56 bits per heavy atom. The highest BCUT2D eigenvalue weighted by Crippen LogP contribution is 2.52. The van der Waals surface area contributed by atoms with Crippen molar-refractivity contribution in [3.63, 3.8) is 0 Å². The van der Waals surface area contributed by atoms with Crippen molar-refractivity contribution >= 4 is 23.5 Å². The number of phenolic OH excluding ortho intramolecular Hbond substituents is 2. The van der Waals surface area contributed by atoms with Gasteiger partial charge in [0, 0.05) is 28.9 Å². The van der Waals surface area contributed by atoms with Crippen molar-refractivity contribution in [3.8, 4) is 11.5 Å². The van der Waals surface area contributed by atoms with Crippen LogP contribution in [-0.2, 0) is 14.9 Å². The molecule has 6 heteroatoms. The fourth-order valence-corrected chi connectivity index (χ4v) is 7.36. The van der Waals surface area contributed by atoms with Crippen molar-refractivity contribution in [1.82, 2.24) is 0 Å². The van der Waals surface area contributed by atoms with Crippen LogP contribution in [-0.4, -0.2) is 54.4 Å². The normalized spacial score (nSPS) is 19.3. The Balaban J connectivity index is 1.38. The smallest absolute Gasteiger partial charge is 0.116 e. The first kappa shape index (κ1) is 29.2. The first-order valence-electron chi connectivity index (χ1n) is 13.4. The number of aromatic hydroxyl groups is 2. The molecule has 0 unspecified atom stereocenters. The topological polar surface area (TPSA) is 58.9 Å². The van der Waals surface area contributed by atoms with Crippen LogP contribution in [0.15, 0.2) is 47.4 Å². The van der Waals surface area contributed by atoms with E-state index < -0.39 is 0 Å². The van der Waals surface area contributed by atoms with Gasteiger partial charge in [-0.3, -0.25) is 0 Å². The minimum absolute atomic E-state index is 0.00875. The molecule has 0 fully saturated rings. The maximum atomic E-state index is 10.0. The molecule has 2 aromatic carbocycles. The van der Waals surface area contributed by atoms with Crippen LogP contribution in [0.4, 0.5) is 0 Å². The van der Waals surface area contributed by atoms with E-state index in [4.69, 9.17) is 9.47 Å². The molecule has 1 aliphatic heterocycles. The van der Waals surface area contributed by atoms with Gasteiger partial charge in [-0.25, -0.2) is 0 Å². The molecular weight excluding hydrogens is 488 g/mol. The number of fused-ring (bicyclic) bond motifs is 1. The third kappa shape index (κ3) is 8.90. The predicted octanol–water partition coefficient (Wildman–Crippen LogP) is 7.76. The van der Waals surface area contributed by atoms with Gasteiger partial charge in [0.05, 0.1) is 19.8 Å². The first-order chi connectivity index (χ1) is 17.5. The Labute approximate surface area is 226 Å². The molecule has 2 aromatic rings. The van der Waals surface area contributed by atoms with Crippen LogP contribution in [0.5, 0.6) is 11.5 Å². The highest BCUT2D eigenvalue weighted by atomic mass is 32.2. The minimum atomic E-state index is 0.00875. The maximum absolute atomic E-state index is 10.0. The van der Waals surface area contributed by atoms with E-state index in [1.165, 1.54) is 66.7 Å². The lowest BCUT2D eigenvalue weighted by Gasteiger charge is -2.43. The number of rotatable bonds is 17.